The van der Waals surface area contributed by atoms with E-state index in [1.54, 1.807) is 18.2 Å². The molecule has 162 valence electrons. The number of carbonyl (C=O) groups is 2. The van der Waals surface area contributed by atoms with Gasteiger partial charge in [-0.3, -0.25) is 4.79 Å². The summed E-state index contributed by atoms with van der Waals surface area (Å²) in [6.45, 7) is 9.33. The van der Waals surface area contributed by atoms with E-state index >= 15 is 0 Å². The van der Waals surface area contributed by atoms with Crippen molar-refractivity contribution in [2.75, 3.05) is 6.61 Å². The lowest BCUT2D eigenvalue weighted by Gasteiger charge is -2.10. The van der Waals surface area contributed by atoms with Crippen LogP contribution in [0.5, 0.6) is 0 Å². The van der Waals surface area contributed by atoms with Crippen LogP contribution < -0.4 is 0 Å². The van der Waals surface area contributed by atoms with Crippen molar-refractivity contribution in [1.82, 2.24) is 14.5 Å². The topological polar surface area (TPSA) is 74.1 Å². The first-order chi connectivity index (χ1) is 15.2. The zero-order valence-electron chi connectivity index (χ0n) is 18.9. The van der Waals surface area contributed by atoms with Crippen LogP contribution in [0.4, 0.5) is 0 Å². The van der Waals surface area contributed by atoms with E-state index in [0.717, 1.165) is 28.5 Å². The molecule has 32 heavy (non-hydrogen) atoms. The van der Waals surface area contributed by atoms with Crippen molar-refractivity contribution in [3.63, 3.8) is 0 Å². The van der Waals surface area contributed by atoms with Gasteiger partial charge in [0.2, 0.25) is 5.78 Å². The van der Waals surface area contributed by atoms with E-state index in [2.05, 4.69) is 9.97 Å². The van der Waals surface area contributed by atoms with Gasteiger partial charge in [0.15, 0.2) is 6.61 Å². The summed E-state index contributed by atoms with van der Waals surface area (Å²) in [4.78, 5) is 34.3. The molecule has 0 saturated heterocycles. The summed E-state index contributed by atoms with van der Waals surface area (Å²) < 4.78 is 7.36. The van der Waals surface area contributed by atoms with Gasteiger partial charge in [-0.05, 0) is 71.0 Å². The second-order valence-corrected chi connectivity index (χ2v) is 8.05. The molecule has 0 fully saturated rings. The minimum atomic E-state index is -0.562. The van der Waals surface area contributed by atoms with Crippen LogP contribution in [0.3, 0.4) is 0 Å². The standard InChI is InChI=1S/C26H25N3O3/c1-15-6-9-21(10-7-15)29-16(2)12-22(19(29)5)25(30)14-32-26(31)20-8-11-23-24(13-20)28-18(4)17(3)27-23/h6-13H,14H2,1-5H3. The predicted octanol–water partition coefficient (Wildman–Crippen LogP) is 5.00. The molecule has 6 heteroatoms. The number of rotatable bonds is 5. The number of fused-ring (bicyclic) bond motifs is 1. The van der Waals surface area contributed by atoms with Crippen LogP contribution in [-0.4, -0.2) is 32.9 Å². The molecule has 0 unspecified atom stereocenters. The van der Waals surface area contributed by atoms with Crippen LogP contribution in [0.1, 0.15) is 49.1 Å². The van der Waals surface area contributed by atoms with Gasteiger partial charge in [-0.15, -0.1) is 0 Å². The highest BCUT2D eigenvalue weighted by Crippen LogP contribution is 2.22. The fourth-order valence-corrected chi connectivity index (χ4v) is 3.79. The van der Waals surface area contributed by atoms with Gasteiger partial charge >= 0.3 is 5.97 Å². The Bertz CT molecular complexity index is 1350. The number of esters is 1. The first-order valence-electron chi connectivity index (χ1n) is 10.5. The molecular weight excluding hydrogens is 402 g/mol. The third kappa shape index (κ3) is 4.04. The summed E-state index contributed by atoms with van der Waals surface area (Å²) in [5, 5.41) is 0. The Balaban J connectivity index is 1.51. The van der Waals surface area contributed by atoms with Crippen molar-refractivity contribution in [3.8, 4) is 5.69 Å². The van der Waals surface area contributed by atoms with Gasteiger partial charge in [0.05, 0.1) is 28.0 Å². The van der Waals surface area contributed by atoms with Crippen LogP contribution in [0.25, 0.3) is 16.7 Å². The molecule has 0 atom stereocenters. The molecule has 4 aromatic rings. The van der Waals surface area contributed by atoms with Crippen molar-refractivity contribution in [3.05, 3.63) is 88.0 Å². The highest BCUT2D eigenvalue weighted by atomic mass is 16.5. The van der Waals surface area contributed by atoms with Gasteiger partial charge in [-0.1, -0.05) is 17.7 Å². The third-order valence-electron chi connectivity index (χ3n) is 5.67. The molecule has 2 aromatic carbocycles. The number of aryl methyl sites for hydroxylation is 4. The predicted molar refractivity (Wildman–Crippen MR) is 124 cm³/mol. The Labute approximate surface area is 186 Å². The Kier molecular flexibility index (Phi) is 5.61. The smallest absolute Gasteiger partial charge is 0.338 e. The third-order valence-corrected chi connectivity index (χ3v) is 5.67. The van der Waals surface area contributed by atoms with E-state index in [1.807, 2.05) is 69.5 Å². The molecule has 6 nitrogen and oxygen atoms in total. The fraction of sp³-hybridized carbons (Fsp3) is 0.231. The van der Waals surface area contributed by atoms with Gasteiger partial charge in [0.25, 0.3) is 0 Å². The average Bonchev–Trinajstić information content (AvgIpc) is 3.07. The van der Waals surface area contributed by atoms with E-state index in [9.17, 15) is 9.59 Å². The summed E-state index contributed by atoms with van der Waals surface area (Å²) in [6, 6.07) is 15.0. The summed E-state index contributed by atoms with van der Waals surface area (Å²) in [5.74, 6) is -0.801. The summed E-state index contributed by atoms with van der Waals surface area (Å²) in [6.07, 6.45) is 0. The molecule has 0 aliphatic heterocycles. The summed E-state index contributed by atoms with van der Waals surface area (Å²) in [7, 11) is 0. The van der Waals surface area contributed by atoms with Crippen molar-refractivity contribution in [2.45, 2.75) is 34.6 Å². The Hall–Kier alpha value is -3.80. The Morgan fingerprint density at radius 2 is 1.50 bits per heavy atom. The van der Waals surface area contributed by atoms with Crippen molar-refractivity contribution in [1.29, 1.82) is 0 Å². The highest BCUT2D eigenvalue weighted by Gasteiger charge is 2.19. The Morgan fingerprint density at radius 1 is 0.844 bits per heavy atom. The maximum Gasteiger partial charge on any atom is 0.338 e. The molecular formula is C26H25N3O3. The zero-order valence-corrected chi connectivity index (χ0v) is 18.9. The number of aromatic nitrogens is 3. The first kappa shape index (κ1) is 21.4. The average molecular weight is 428 g/mol. The van der Waals surface area contributed by atoms with Crippen molar-refractivity contribution < 1.29 is 14.3 Å². The van der Waals surface area contributed by atoms with E-state index in [1.165, 1.54) is 5.56 Å². The zero-order chi connectivity index (χ0) is 23.0. The summed E-state index contributed by atoms with van der Waals surface area (Å²) in [5.41, 5.74) is 7.80. The lowest BCUT2D eigenvalue weighted by molar-refractivity contribution is 0.0474. The van der Waals surface area contributed by atoms with Gasteiger partial charge in [0.1, 0.15) is 0 Å². The monoisotopic (exact) mass is 427 g/mol. The lowest BCUT2D eigenvalue weighted by Crippen LogP contribution is -2.15. The fourth-order valence-electron chi connectivity index (χ4n) is 3.79. The molecule has 2 aromatic heterocycles. The number of carbonyl (C=O) groups excluding carboxylic acids is 2. The molecule has 0 N–H and O–H groups in total. The normalized spacial score (nSPS) is 11.0. The largest absolute Gasteiger partial charge is 0.454 e. The lowest BCUT2D eigenvalue weighted by atomic mass is 10.1. The number of hydrogen-bond acceptors (Lipinski definition) is 5. The molecule has 2 heterocycles. The number of nitrogens with zero attached hydrogens (tertiary/aromatic N) is 3. The van der Waals surface area contributed by atoms with Crippen LogP contribution in [0.15, 0.2) is 48.5 Å². The number of hydrogen-bond donors (Lipinski definition) is 0. The molecule has 0 bridgehead atoms. The molecule has 0 amide bonds. The van der Waals surface area contributed by atoms with E-state index < -0.39 is 5.97 Å². The van der Waals surface area contributed by atoms with Crippen LogP contribution >= 0.6 is 0 Å². The second kappa shape index (κ2) is 8.38. The Morgan fingerprint density at radius 3 is 2.19 bits per heavy atom. The van der Waals surface area contributed by atoms with E-state index in [-0.39, 0.29) is 12.4 Å². The molecule has 0 radical (unpaired) electrons. The minimum absolute atomic E-state index is 0.239. The number of ketones is 1. The van der Waals surface area contributed by atoms with E-state index in [0.29, 0.717) is 22.2 Å². The van der Waals surface area contributed by atoms with Crippen LogP contribution in [0.2, 0.25) is 0 Å². The van der Waals surface area contributed by atoms with Crippen molar-refractivity contribution >= 4 is 22.8 Å². The summed E-state index contributed by atoms with van der Waals surface area (Å²) >= 11 is 0. The SMILES string of the molecule is Cc1ccc(-n2c(C)cc(C(=O)COC(=O)c3ccc4nc(C)c(C)nc4c3)c2C)cc1. The molecule has 0 saturated carbocycles. The molecule has 0 aliphatic rings. The number of ether oxygens (including phenoxy) is 1. The highest BCUT2D eigenvalue weighted by molar-refractivity contribution is 6.01. The quantitative estimate of drug-likeness (QED) is 0.331. The first-order valence-corrected chi connectivity index (χ1v) is 10.5. The number of benzene rings is 2. The number of Topliss-reactive ketones (excluding diaryl/α,β-unsaturated/α-hetero) is 1. The minimum Gasteiger partial charge on any atom is -0.454 e. The second-order valence-electron chi connectivity index (χ2n) is 8.05. The van der Waals surface area contributed by atoms with Gasteiger partial charge < -0.3 is 9.30 Å². The van der Waals surface area contributed by atoms with E-state index in [4.69, 9.17) is 4.74 Å². The molecule has 4 rings (SSSR count). The van der Waals surface area contributed by atoms with Crippen LogP contribution in [-0.2, 0) is 4.74 Å². The van der Waals surface area contributed by atoms with Gasteiger partial charge in [0, 0.05) is 22.6 Å². The van der Waals surface area contributed by atoms with Gasteiger partial charge in [-0.2, -0.15) is 0 Å². The maximum atomic E-state index is 12.8. The maximum absolute atomic E-state index is 12.8. The van der Waals surface area contributed by atoms with Crippen LogP contribution in [0, 0.1) is 34.6 Å². The van der Waals surface area contributed by atoms with Gasteiger partial charge in [-0.25, -0.2) is 14.8 Å². The molecule has 0 aliphatic carbocycles. The molecule has 0 spiro atoms. The van der Waals surface area contributed by atoms with Crippen molar-refractivity contribution in [2.24, 2.45) is 0 Å².